The number of nitrogens with two attached hydrogens (primary N) is 1. The number of nitrogens with zero attached hydrogens (tertiary/aromatic N) is 1. The van der Waals surface area contributed by atoms with Crippen LogP contribution >= 0.6 is 11.6 Å². The van der Waals surface area contributed by atoms with E-state index in [-0.39, 0.29) is 6.04 Å². The third-order valence-electron chi connectivity index (χ3n) is 1.82. The minimum absolute atomic E-state index is 0.137. The highest BCUT2D eigenvalue weighted by molar-refractivity contribution is 6.31. The maximum atomic E-state index is 5.89. The maximum absolute atomic E-state index is 5.89. The Morgan fingerprint density at radius 2 is 2.19 bits per heavy atom. The highest BCUT2D eigenvalue weighted by Gasteiger charge is 2.04. The molecule has 88 valence electrons. The van der Waals surface area contributed by atoms with Gasteiger partial charge in [0.2, 0.25) is 0 Å². The van der Waals surface area contributed by atoms with Crippen molar-refractivity contribution in [2.75, 3.05) is 12.4 Å². The van der Waals surface area contributed by atoms with Crippen LogP contribution in [0.15, 0.2) is 23.2 Å². The molecule has 0 saturated heterocycles. The number of guanidine groups is 1. The molecule has 0 atom stereocenters. The van der Waals surface area contributed by atoms with Crippen molar-refractivity contribution in [2.45, 2.75) is 19.9 Å². The van der Waals surface area contributed by atoms with Crippen LogP contribution in [0.1, 0.15) is 13.8 Å². The van der Waals surface area contributed by atoms with Gasteiger partial charge < -0.3 is 15.8 Å². The molecule has 0 bridgehead atoms. The van der Waals surface area contributed by atoms with Gasteiger partial charge in [-0.15, -0.1) is 0 Å². The van der Waals surface area contributed by atoms with Crippen molar-refractivity contribution in [3.8, 4) is 5.75 Å². The summed E-state index contributed by atoms with van der Waals surface area (Å²) in [6.07, 6.45) is 0. The number of hydrogen-bond acceptors (Lipinski definition) is 2. The van der Waals surface area contributed by atoms with Crippen LogP contribution in [-0.2, 0) is 0 Å². The van der Waals surface area contributed by atoms with E-state index in [4.69, 9.17) is 22.1 Å². The lowest BCUT2D eigenvalue weighted by Gasteiger charge is -2.11. The molecule has 1 aromatic rings. The molecule has 4 nitrogen and oxygen atoms in total. The number of methoxy groups -OCH3 is 1. The van der Waals surface area contributed by atoms with Crippen LogP contribution in [-0.4, -0.2) is 19.1 Å². The van der Waals surface area contributed by atoms with E-state index in [9.17, 15) is 0 Å². The molecule has 0 fully saturated rings. The van der Waals surface area contributed by atoms with E-state index >= 15 is 0 Å². The summed E-state index contributed by atoms with van der Waals surface area (Å²) in [7, 11) is 1.59. The van der Waals surface area contributed by atoms with Crippen LogP contribution in [0.2, 0.25) is 5.02 Å². The first-order valence-corrected chi connectivity index (χ1v) is 5.34. The lowest BCUT2D eigenvalue weighted by Crippen LogP contribution is -2.24. The quantitative estimate of drug-likeness (QED) is 0.631. The molecule has 3 N–H and O–H groups in total. The first kappa shape index (κ1) is 12.6. The Morgan fingerprint density at radius 3 is 2.75 bits per heavy atom. The summed E-state index contributed by atoms with van der Waals surface area (Å²) in [5.41, 5.74) is 6.43. The van der Waals surface area contributed by atoms with Crippen molar-refractivity contribution in [1.82, 2.24) is 0 Å². The highest BCUT2D eigenvalue weighted by atomic mass is 35.5. The first-order valence-electron chi connectivity index (χ1n) is 4.96. The number of aliphatic imine (C=N–C) groups is 1. The molecule has 0 radical (unpaired) electrons. The van der Waals surface area contributed by atoms with Gasteiger partial charge in [0.05, 0.1) is 12.8 Å². The van der Waals surface area contributed by atoms with Gasteiger partial charge in [0.1, 0.15) is 5.75 Å². The normalized spacial score (nSPS) is 11.7. The molecule has 0 spiro atoms. The fourth-order valence-corrected chi connectivity index (χ4v) is 1.40. The molecule has 0 unspecified atom stereocenters. The minimum atomic E-state index is 0.137. The van der Waals surface area contributed by atoms with Gasteiger partial charge in [-0.05, 0) is 32.0 Å². The average molecular weight is 242 g/mol. The van der Waals surface area contributed by atoms with Crippen molar-refractivity contribution in [1.29, 1.82) is 0 Å². The zero-order valence-electron chi connectivity index (χ0n) is 9.62. The number of ether oxygens (including phenoxy) is 1. The lowest BCUT2D eigenvalue weighted by atomic mass is 10.3. The van der Waals surface area contributed by atoms with E-state index in [1.165, 1.54) is 0 Å². The topological polar surface area (TPSA) is 59.6 Å². The van der Waals surface area contributed by atoms with Crippen LogP contribution < -0.4 is 15.8 Å². The number of hydrogen-bond donors (Lipinski definition) is 2. The Kier molecular flexibility index (Phi) is 4.43. The van der Waals surface area contributed by atoms with Gasteiger partial charge in [0, 0.05) is 11.1 Å². The molecule has 0 amide bonds. The highest BCUT2D eigenvalue weighted by Crippen LogP contribution is 2.27. The minimum Gasteiger partial charge on any atom is -0.495 e. The number of rotatable bonds is 3. The van der Waals surface area contributed by atoms with Crippen LogP contribution in [0, 0.1) is 0 Å². The molecule has 0 aromatic heterocycles. The number of anilines is 1. The predicted molar refractivity (Wildman–Crippen MR) is 68.4 cm³/mol. The summed E-state index contributed by atoms with van der Waals surface area (Å²) in [5, 5.41) is 3.56. The van der Waals surface area contributed by atoms with Crippen LogP contribution in [0.5, 0.6) is 5.75 Å². The summed E-state index contributed by atoms with van der Waals surface area (Å²) < 4.78 is 5.17. The lowest BCUT2D eigenvalue weighted by molar-refractivity contribution is 0.417. The van der Waals surface area contributed by atoms with E-state index in [0.717, 1.165) is 0 Å². The van der Waals surface area contributed by atoms with Crippen molar-refractivity contribution < 1.29 is 4.74 Å². The third kappa shape index (κ3) is 3.62. The molecule has 5 heteroatoms. The van der Waals surface area contributed by atoms with Crippen LogP contribution in [0.4, 0.5) is 5.69 Å². The Labute approximate surface area is 100 Å². The van der Waals surface area contributed by atoms with Gasteiger partial charge in [-0.3, -0.25) is 4.99 Å². The average Bonchev–Trinajstić information content (AvgIpc) is 2.16. The molecule has 1 aromatic carbocycles. The first-order chi connectivity index (χ1) is 7.52. The SMILES string of the molecule is COc1ccc(Cl)cc1NC(N)=NC(C)C. The summed E-state index contributed by atoms with van der Waals surface area (Å²) in [5.74, 6) is 1.02. The summed E-state index contributed by atoms with van der Waals surface area (Å²) in [6.45, 7) is 3.90. The Morgan fingerprint density at radius 1 is 1.50 bits per heavy atom. The Hall–Kier alpha value is -1.42. The maximum Gasteiger partial charge on any atom is 0.193 e. The number of halogens is 1. The number of benzene rings is 1. The van der Waals surface area contributed by atoms with Gasteiger partial charge in [-0.25, -0.2) is 0 Å². The van der Waals surface area contributed by atoms with Crippen molar-refractivity contribution in [3.05, 3.63) is 23.2 Å². The van der Waals surface area contributed by atoms with Gasteiger partial charge in [-0.2, -0.15) is 0 Å². The Bertz CT molecular complexity index is 391. The third-order valence-corrected chi connectivity index (χ3v) is 2.06. The van der Waals surface area contributed by atoms with E-state index in [2.05, 4.69) is 10.3 Å². The van der Waals surface area contributed by atoms with Gasteiger partial charge in [0.25, 0.3) is 0 Å². The molecule has 1 rings (SSSR count). The van der Waals surface area contributed by atoms with E-state index in [1.54, 1.807) is 25.3 Å². The molecule has 0 saturated carbocycles. The second-order valence-electron chi connectivity index (χ2n) is 3.58. The largest absolute Gasteiger partial charge is 0.495 e. The Balaban J connectivity index is 2.91. The summed E-state index contributed by atoms with van der Waals surface area (Å²) in [6, 6.07) is 5.40. The van der Waals surface area contributed by atoms with Crippen LogP contribution in [0.3, 0.4) is 0 Å². The van der Waals surface area contributed by atoms with Gasteiger partial charge >= 0.3 is 0 Å². The molecular formula is C11H16ClN3O. The van der Waals surface area contributed by atoms with Gasteiger partial charge in [-0.1, -0.05) is 11.6 Å². The fourth-order valence-electron chi connectivity index (χ4n) is 1.23. The van der Waals surface area contributed by atoms with E-state index in [0.29, 0.717) is 22.4 Å². The van der Waals surface area contributed by atoms with Crippen molar-refractivity contribution in [3.63, 3.8) is 0 Å². The smallest absolute Gasteiger partial charge is 0.193 e. The van der Waals surface area contributed by atoms with Gasteiger partial charge in [0.15, 0.2) is 5.96 Å². The molecule has 0 aliphatic carbocycles. The molecule has 0 heterocycles. The zero-order chi connectivity index (χ0) is 12.1. The predicted octanol–water partition coefficient (Wildman–Crippen LogP) is 2.48. The standard InChI is InChI=1S/C11H16ClN3O/c1-7(2)14-11(13)15-9-6-8(12)4-5-10(9)16-3/h4-7H,1-3H3,(H3,13,14,15). The summed E-state index contributed by atoms with van der Waals surface area (Å²) in [4.78, 5) is 4.16. The van der Waals surface area contributed by atoms with E-state index < -0.39 is 0 Å². The molecule has 0 aliphatic heterocycles. The second kappa shape index (κ2) is 5.61. The number of nitrogens with one attached hydrogen (secondary N) is 1. The van der Waals surface area contributed by atoms with Crippen molar-refractivity contribution >= 4 is 23.2 Å². The molecule has 0 aliphatic rings. The van der Waals surface area contributed by atoms with E-state index in [1.807, 2.05) is 13.8 Å². The zero-order valence-corrected chi connectivity index (χ0v) is 10.4. The molecule has 16 heavy (non-hydrogen) atoms. The fraction of sp³-hybridized carbons (Fsp3) is 0.364. The monoisotopic (exact) mass is 241 g/mol. The summed E-state index contributed by atoms with van der Waals surface area (Å²) >= 11 is 5.89. The second-order valence-corrected chi connectivity index (χ2v) is 4.01. The molecular weight excluding hydrogens is 226 g/mol. The van der Waals surface area contributed by atoms with Crippen LogP contribution in [0.25, 0.3) is 0 Å². The van der Waals surface area contributed by atoms with Crippen molar-refractivity contribution in [2.24, 2.45) is 10.7 Å².